The van der Waals surface area contributed by atoms with Crippen molar-refractivity contribution >= 4 is 60.6 Å². The zero-order valence-electron chi connectivity index (χ0n) is 19.6. The number of hydrogen-bond acceptors (Lipinski definition) is 4. The number of ether oxygens (including phenoxy) is 1. The molecule has 3 aromatic carbocycles. The highest BCUT2D eigenvalue weighted by molar-refractivity contribution is 9.10. The number of aryl methyl sites for hydroxylation is 1. The first-order valence-corrected chi connectivity index (χ1v) is 13.2. The second-order valence-corrected chi connectivity index (χ2v) is 10.6. The van der Waals surface area contributed by atoms with Crippen LogP contribution in [0.25, 0.3) is 10.9 Å². The van der Waals surface area contributed by atoms with Gasteiger partial charge in [0.1, 0.15) is 12.4 Å². The highest BCUT2D eigenvalue weighted by Crippen LogP contribution is 2.35. The van der Waals surface area contributed by atoms with Gasteiger partial charge < -0.3 is 4.74 Å². The molecule has 4 rings (SSSR count). The van der Waals surface area contributed by atoms with Crippen molar-refractivity contribution in [2.24, 2.45) is 5.10 Å². The van der Waals surface area contributed by atoms with E-state index < -0.39 is 0 Å². The lowest BCUT2D eigenvalue weighted by Gasteiger charge is -2.14. The van der Waals surface area contributed by atoms with Crippen LogP contribution in [0.2, 0.25) is 5.02 Å². The summed E-state index contributed by atoms with van der Waals surface area (Å²) in [5.74, 6) is 1.23. The van der Waals surface area contributed by atoms with Crippen LogP contribution in [0.3, 0.4) is 0 Å². The Kier molecular flexibility index (Phi) is 8.09. The fraction of sp³-hybridized carbons (Fsp3) is 0.222. The maximum absolute atomic E-state index is 13.3. The summed E-state index contributed by atoms with van der Waals surface area (Å²) in [6, 6.07) is 17.3. The molecule has 1 atom stereocenters. The fourth-order valence-electron chi connectivity index (χ4n) is 3.54. The Labute approximate surface area is 226 Å². The first-order chi connectivity index (χ1) is 16.8. The molecule has 180 valence electrons. The molecule has 0 amide bonds. The molecule has 0 saturated heterocycles. The molecule has 0 spiro atoms. The molecule has 1 aromatic heterocycles. The highest BCUT2D eigenvalue weighted by atomic mass is 79.9. The number of rotatable bonds is 7. The molecule has 35 heavy (non-hydrogen) atoms. The predicted octanol–water partition coefficient (Wildman–Crippen LogP) is 7.86. The molecule has 4 aromatic rings. The maximum atomic E-state index is 13.3. The van der Waals surface area contributed by atoms with Gasteiger partial charge >= 0.3 is 0 Å². The van der Waals surface area contributed by atoms with Crippen molar-refractivity contribution in [1.82, 2.24) is 9.66 Å². The van der Waals surface area contributed by atoms with Crippen molar-refractivity contribution < 1.29 is 4.74 Å². The second-order valence-electron chi connectivity index (χ2n) is 8.39. The van der Waals surface area contributed by atoms with E-state index in [4.69, 9.17) is 21.3 Å². The zero-order chi connectivity index (χ0) is 25.1. The highest BCUT2D eigenvalue weighted by Gasteiger charge is 2.16. The minimum absolute atomic E-state index is 0.0563. The topological polar surface area (TPSA) is 56.5 Å². The van der Waals surface area contributed by atoms with E-state index in [2.05, 4.69) is 43.9 Å². The zero-order valence-corrected chi connectivity index (χ0v) is 23.5. The van der Waals surface area contributed by atoms with Crippen LogP contribution >= 0.6 is 43.5 Å². The first kappa shape index (κ1) is 25.6. The van der Waals surface area contributed by atoms with E-state index in [1.54, 1.807) is 18.3 Å². The Morgan fingerprint density at radius 3 is 2.57 bits per heavy atom. The molecule has 0 fully saturated rings. The molecule has 0 aliphatic carbocycles. The van der Waals surface area contributed by atoms with E-state index >= 15 is 0 Å². The fourth-order valence-corrected chi connectivity index (χ4v) is 4.89. The van der Waals surface area contributed by atoms with Crippen molar-refractivity contribution in [3.63, 3.8) is 0 Å². The van der Waals surface area contributed by atoms with E-state index in [-0.39, 0.29) is 11.5 Å². The second kappa shape index (κ2) is 11.1. The number of aromatic nitrogens is 2. The number of benzene rings is 3. The minimum Gasteiger partial charge on any atom is -0.486 e. The quantitative estimate of drug-likeness (QED) is 0.199. The minimum atomic E-state index is -0.217. The van der Waals surface area contributed by atoms with Crippen molar-refractivity contribution in [3.8, 4) is 5.75 Å². The monoisotopic (exact) mass is 615 g/mol. The Morgan fingerprint density at radius 2 is 1.89 bits per heavy atom. The SMILES string of the molecule is CC[C@@H](C)c1nc2ccc(Br)cc2c(=O)n1N=Cc1cc(Cl)c(OCc2ccc(C)cc2)c(Br)c1. The van der Waals surface area contributed by atoms with E-state index in [0.29, 0.717) is 38.6 Å². The summed E-state index contributed by atoms with van der Waals surface area (Å²) in [7, 11) is 0. The van der Waals surface area contributed by atoms with Gasteiger partial charge in [-0.15, -0.1) is 0 Å². The van der Waals surface area contributed by atoms with Gasteiger partial charge in [-0.3, -0.25) is 4.79 Å². The van der Waals surface area contributed by atoms with Gasteiger partial charge in [-0.1, -0.05) is 71.2 Å². The third kappa shape index (κ3) is 5.85. The van der Waals surface area contributed by atoms with Crippen LogP contribution in [0.1, 0.15) is 48.7 Å². The largest absolute Gasteiger partial charge is 0.486 e. The van der Waals surface area contributed by atoms with Gasteiger partial charge in [-0.2, -0.15) is 9.78 Å². The molecule has 1 heterocycles. The molecule has 5 nitrogen and oxygen atoms in total. The molecule has 0 radical (unpaired) electrons. The van der Waals surface area contributed by atoms with Gasteiger partial charge in [-0.05, 0) is 70.7 Å². The lowest BCUT2D eigenvalue weighted by molar-refractivity contribution is 0.304. The summed E-state index contributed by atoms with van der Waals surface area (Å²) in [6.45, 7) is 6.54. The third-order valence-electron chi connectivity index (χ3n) is 5.73. The standard InChI is InChI=1S/C27H24Br2ClN3O2/c1-4-17(3)26-32-24-10-9-20(28)13-21(24)27(34)33(26)31-14-19-11-22(29)25(23(30)12-19)35-15-18-7-5-16(2)6-8-18/h5-14,17H,4,15H2,1-3H3/t17-/m1/s1. The van der Waals surface area contributed by atoms with E-state index in [9.17, 15) is 4.79 Å². The normalized spacial score (nSPS) is 12.4. The number of hydrogen-bond donors (Lipinski definition) is 0. The summed E-state index contributed by atoms with van der Waals surface area (Å²) in [4.78, 5) is 18.0. The molecular formula is C27H24Br2ClN3O2. The summed E-state index contributed by atoms with van der Waals surface area (Å²) < 4.78 is 8.86. The molecule has 0 bridgehead atoms. The molecular weight excluding hydrogens is 594 g/mol. The molecule has 0 aliphatic rings. The summed E-state index contributed by atoms with van der Waals surface area (Å²) in [5.41, 5.74) is 3.41. The van der Waals surface area contributed by atoms with Crippen LogP contribution in [0, 0.1) is 6.92 Å². The lowest BCUT2D eigenvalue weighted by atomic mass is 10.1. The summed E-state index contributed by atoms with van der Waals surface area (Å²) in [6.07, 6.45) is 2.44. The summed E-state index contributed by atoms with van der Waals surface area (Å²) >= 11 is 13.5. The summed E-state index contributed by atoms with van der Waals surface area (Å²) in [5, 5.41) is 5.47. The van der Waals surface area contributed by atoms with E-state index in [1.165, 1.54) is 10.2 Å². The number of nitrogens with zero attached hydrogens (tertiary/aromatic N) is 3. The van der Waals surface area contributed by atoms with Crippen molar-refractivity contribution in [3.05, 3.63) is 101 Å². The van der Waals surface area contributed by atoms with Crippen molar-refractivity contribution in [2.75, 3.05) is 0 Å². The molecule has 0 unspecified atom stereocenters. The van der Waals surface area contributed by atoms with Gasteiger partial charge in [0.15, 0.2) is 5.75 Å². The first-order valence-electron chi connectivity index (χ1n) is 11.2. The Hall–Kier alpha value is -2.48. The smallest absolute Gasteiger partial charge is 0.282 e. The number of halogens is 3. The van der Waals surface area contributed by atoms with Gasteiger partial charge in [-0.25, -0.2) is 4.98 Å². The predicted molar refractivity (Wildman–Crippen MR) is 150 cm³/mol. The van der Waals surface area contributed by atoms with Crippen molar-refractivity contribution in [1.29, 1.82) is 0 Å². The van der Waals surface area contributed by atoms with Gasteiger partial charge in [0.25, 0.3) is 5.56 Å². The van der Waals surface area contributed by atoms with Gasteiger partial charge in [0.05, 0.1) is 26.6 Å². The Morgan fingerprint density at radius 1 is 1.14 bits per heavy atom. The molecule has 0 aliphatic heterocycles. The maximum Gasteiger partial charge on any atom is 0.282 e. The van der Waals surface area contributed by atoms with Crippen LogP contribution in [0.15, 0.2) is 73.4 Å². The molecule has 8 heteroatoms. The van der Waals surface area contributed by atoms with Crippen LogP contribution in [0.4, 0.5) is 0 Å². The third-order valence-corrected chi connectivity index (χ3v) is 7.10. The Bertz CT molecular complexity index is 1440. The van der Waals surface area contributed by atoms with Gasteiger partial charge in [0.2, 0.25) is 0 Å². The van der Waals surface area contributed by atoms with Crippen molar-refractivity contribution in [2.45, 2.75) is 39.7 Å². The van der Waals surface area contributed by atoms with Crippen LogP contribution in [0.5, 0.6) is 5.75 Å². The van der Waals surface area contributed by atoms with Crippen LogP contribution in [-0.4, -0.2) is 15.9 Å². The number of fused-ring (bicyclic) bond motifs is 1. The Balaban J connectivity index is 1.66. The van der Waals surface area contributed by atoms with Gasteiger partial charge in [0, 0.05) is 10.4 Å². The molecule has 0 N–H and O–H groups in total. The van der Waals surface area contributed by atoms with E-state index in [0.717, 1.165) is 22.0 Å². The van der Waals surface area contributed by atoms with E-state index in [1.807, 2.05) is 56.3 Å². The lowest BCUT2D eigenvalue weighted by Crippen LogP contribution is -2.23. The molecule has 0 saturated carbocycles. The van der Waals surface area contributed by atoms with Crippen LogP contribution < -0.4 is 10.3 Å². The van der Waals surface area contributed by atoms with Crippen LogP contribution in [-0.2, 0) is 6.61 Å². The average molecular weight is 618 g/mol. The average Bonchev–Trinajstić information content (AvgIpc) is 2.83.